The van der Waals surface area contributed by atoms with Crippen molar-refractivity contribution in [1.29, 1.82) is 0 Å². The Kier molecular flexibility index (Phi) is 9.23. The number of urea groups is 1. The van der Waals surface area contributed by atoms with Crippen molar-refractivity contribution >= 4 is 34.6 Å². The Morgan fingerprint density at radius 2 is 1.78 bits per heavy atom. The number of halogens is 4. The molecule has 0 aliphatic carbocycles. The van der Waals surface area contributed by atoms with Crippen LogP contribution in [-0.4, -0.2) is 50.5 Å². The molecule has 5 rings (SSSR count). The van der Waals surface area contributed by atoms with E-state index in [9.17, 15) is 27.2 Å². The number of nitrogens with one attached hydrogen (secondary N) is 1. The number of thioether (sulfide) groups is 1. The van der Waals surface area contributed by atoms with E-state index in [1.54, 1.807) is 0 Å². The summed E-state index contributed by atoms with van der Waals surface area (Å²) in [6, 6.07) is 16.3. The number of rotatable bonds is 8. The number of aromatic nitrogens is 3. The Hall–Kier alpha value is -4.72. The minimum absolute atomic E-state index is 0.0505. The van der Waals surface area contributed by atoms with Crippen molar-refractivity contribution in [3.05, 3.63) is 90.0 Å². The fraction of sp³-hybridized carbons (Fsp3) is 0.258. The molecule has 1 N–H and O–H groups in total. The molecule has 1 atom stereocenters. The molecule has 4 aromatic rings. The molecule has 1 aromatic heterocycles. The molecule has 1 aliphatic heterocycles. The van der Waals surface area contributed by atoms with Gasteiger partial charge >= 0.3 is 12.4 Å². The van der Waals surface area contributed by atoms with Crippen LogP contribution in [0.4, 0.5) is 28.0 Å². The molecule has 0 saturated carbocycles. The number of ether oxygens (including phenoxy) is 1. The lowest BCUT2D eigenvalue weighted by Gasteiger charge is -2.21. The summed E-state index contributed by atoms with van der Waals surface area (Å²) in [5.41, 5.74) is 3.32. The summed E-state index contributed by atoms with van der Waals surface area (Å²) in [5, 5.41) is 7.44. The van der Waals surface area contributed by atoms with Gasteiger partial charge in [0.15, 0.2) is 11.0 Å². The molecule has 3 amide bonds. The fourth-order valence-corrected chi connectivity index (χ4v) is 5.50. The van der Waals surface area contributed by atoms with Crippen LogP contribution in [0, 0.1) is 5.82 Å². The van der Waals surface area contributed by atoms with Gasteiger partial charge in [0.25, 0.3) is 0 Å². The van der Waals surface area contributed by atoms with Crippen LogP contribution in [-0.2, 0) is 4.79 Å². The summed E-state index contributed by atoms with van der Waals surface area (Å²) in [5.74, 6) is -0.557. The predicted molar refractivity (Wildman–Crippen MR) is 163 cm³/mol. The lowest BCUT2D eigenvalue weighted by atomic mass is 10.00. The van der Waals surface area contributed by atoms with E-state index in [1.165, 1.54) is 58.4 Å². The number of benzene rings is 3. The second-order valence-corrected chi connectivity index (χ2v) is 11.5. The molecule has 14 heteroatoms. The molecule has 3 aromatic carbocycles. The molecule has 1 aliphatic rings. The van der Waals surface area contributed by atoms with E-state index >= 15 is 0 Å². The molecule has 234 valence electrons. The van der Waals surface area contributed by atoms with E-state index in [2.05, 4.69) is 25.1 Å². The number of nitrogens with zero attached hydrogens (tertiary/aromatic N) is 5. The van der Waals surface area contributed by atoms with Crippen LogP contribution in [0.25, 0.3) is 17.1 Å². The zero-order chi connectivity index (χ0) is 32.3. The molecule has 0 spiro atoms. The minimum Gasteiger partial charge on any atom is -0.406 e. The first kappa shape index (κ1) is 31.7. The third-order valence-electron chi connectivity index (χ3n) is 6.94. The Labute approximate surface area is 260 Å². The van der Waals surface area contributed by atoms with Crippen molar-refractivity contribution in [2.45, 2.75) is 39.0 Å². The lowest BCUT2D eigenvalue weighted by molar-refractivity contribution is -0.274. The molecule has 1 fully saturated rings. The number of amides is 3. The fourth-order valence-electron chi connectivity index (χ4n) is 4.64. The number of hydrogen-bond donors (Lipinski definition) is 1. The number of anilines is 1. The third kappa shape index (κ3) is 7.69. The first-order valence-electron chi connectivity index (χ1n) is 13.9. The largest absolute Gasteiger partial charge is 0.573 e. The van der Waals surface area contributed by atoms with Crippen LogP contribution in [0.5, 0.6) is 5.75 Å². The third-order valence-corrected chi connectivity index (χ3v) is 7.86. The molecular formula is C31H28F4N6O3S. The highest BCUT2D eigenvalue weighted by Gasteiger charge is 2.33. The minimum atomic E-state index is -4.77. The number of carbonyl (C=O) groups excluding carboxylic acids is 2. The van der Waals surface area contributed by atoms with E-state index in [0.29, 0.717) is 22.8 Å². The SMILES string of the molecule is CC(C)c1cc(F)ccc1N1C(=O)CSC1=NC(=O)NCC(C)c1ccc(-c2ncn(-c3ccc(OC(F)(F)F)cc3)n2)cc1. The Bertz CT molecular complexity index is 1720. The van der Waals surface area contributed by atoms with Gasteiger partial charge in [0.2, 0.25) is 5.91 Å². The summed E-state index contributed by atoms with van der Waals surface area (Å²) in [4.78, 5) is 35.2. The van der Waals surface area contributed by atoms with Gasteiger partial charge < -0.3 is 10.1 Å². The van der Waals surface area contributed by atoms with Gasteiger partial charge in [0.05, 0.1) is 17.1 Å². The van der Waals surface area contributed by atoms with Crippen molar-refractivity contribution in [1.82, 2.24) is 20.1 Å². The van der Waals surface area contributed by atoms with Crippen LogP contribution < -0.4 is 15.0 Å². The lowest BCUT2D eigenvalue weighted by Crippen LogP contribution is -2.33. The van der Waals surface area contributed by atoms with Crippen molar-refractivity contribution in [3.8, 4) is 22.8 Å². The van der Waals surface area contributed by atoms with Crippen LogP contribution >= 0.6 is 11.8 Å². The summed E-state index contributed by atoms with van der Waals surface area (Å²) >= 11 is 1.15. The van der Waals surface area contributed by atoms with Crippen LogP contribution in [0.15, 0.2) is 78.0 Å². The zero-order valence-electron chi connectivity index (χ0n) is 24.4. The Morgan fingerprint density at radius 1 is 1.07 bits per heavy atom. The van der Waals surface area contributed by atoms with Gasteiger partial charge in [0, 0.05) is 12.1 Å². The quantitative estimate of drug-likeness (QED) is 0.207. The van der Waals surface area contributed by atoms with Crippen molar-refractivity contribution < 1.29 is 31.9 Å². The van der Waals surface area contributed by atoms with Gasteiger partial charge in [-0.2, -0.15) is 4.99 Å². The topological polar surface area (TPSA) is 102 Å². The van der Waals surface area contributed by atoms with Gasteiger partial charge in [0.1, 0.15) is 17.9 Å². The van der Waals surface area contributed by atoms with Gasteiger partial charge in [-0.25, -0.2) is 18.9 Å². The number of hydrogen-bond acceptors (Lipinski definition) is 6. The van der Waals surface area contributed by atoms with Gasteiger partial charge in [-0.3, -0.25) is 9.69 Å². The van der Waals surface area contributed by atoms with E-state index < -0.39 is 18.2 Å². The normalized spacial score (nSPS) is 15.2. The maximum absolute atomic E-state index is 13.9. The second kappa shape index (κ2) is 13.1. The van der Waals surface area contributed by atoms with Crippen molar-refractivity contribution in [2.24, 2.45) is 4.99 Å². The van der Waals surface area contributed by atoms with E-state index in [4.69, 9.17) is 0 Å². The first-order chi connectivity index (χ1) is 21.4. The van der Waals surface area contributed by atoms with Gasteiger partial charge in [-0.05, 0) is 65.4 Å². The zero-order valence-corrected chi connectivity index (χ0v) is 25.2. The molecule has 1 unspecified atom stereocenters. The summed E-state index contributed by atoms with van der Waals surface area (Å²) in [6.45, 7) is 6.02. The summed E-state index contributed by atoms with van der Waals surface area (Å²) in [6.07, 6.45) is -3.31. The molecular weight excluding hydrogens is 612 g/mol. The smallest absolute Gasteiger partial charge is 0.406 e. The second-order valence-electron chi connectivity index (χ2n) is 10.5. The Balaban J connectivity index is 1.20. The maximum atomic E-state index is 13.9. The Morgan fingerprint density at radius 3 is 2.44 bits per heavy atom. The molecule has 1 saturated heterocycles. The molecule has 9 nitrogen and oxygen atoms in total. The van der Waals surface area contributed by atoms with Crippen LogP contribution in [0.3, 0.4) is 0 Å². The van der Waals surface area contributed by atoms with Crippen molar-refractivity contribution in [3.63, 3.8) is 0 Å². The highest BCUT2D eigenvalue weighted by molar-refractivity contribution is 8.15. The maximum Gasteiger partial charge on any atom is 0.573 e. The van der Waals surface area contributed by atoms with Crippen LogP contribution in [0.2, 0.25) is 0 Å². The molecule has 2 heterocycles. The van der Waals surface area contributed by atoms with E-state index in [-0.39, 0.29) is 41.0 Å². The molecule has 0 bridgehead atoms. The molecule has 0 radical (unpaired) electrons. The number of carbonyl (C=O) groups is 2. The predicted octanol–water partition coefficient (Wildman–Crippen LogP) is 7.04. The van der Waals surface area contributed by atoms with E-state index in [0.717, 1.165) is 22.9 Å². The average Bonchev–Trinajstić information content (AvgIpc) is 3.63. The van der Waals surface area contributed by atoms with E-state index in [1.807, 2.05) is 45.0 Å². The number of alkyl halides is 3. The number of amidine groups is 1. The summed E-state index contributed by atoms with van der Waals surface area (Å²) in [7, 11) is 0. The van der Waals surface area contributed by atoms with Gasteiger partial charge in [-0.1, -0.05) is 56.8 Å². The molecule has 45 heavy (non-hydrogen) atoms. The first-order valence-corrected chi connectivity index (χ1v) is 14.9. The highest BCUT2D eigenvalue weighted by Crippen LogP contribution is 2.34. The standard InChI is InChI=1S/C31H28F4N6O3S/c1-18(2)25-14-22(32)8-13-26(25)41-27(42)16-45-30(41)38-29(43)36-15-19(3)20-4-6-21(7-5-20)28-37-17-40(39-28)23-9-11-24(12-10-23)44-31(33,34)35/h4-14,17-19H,15-16H2,1-3H3,(H,36,43). The average molecular weight is 641 g/mol. The number of aliphatic imine (C=N–C) groups is 1. The monoisotopic (exact) mass is 640 g/mol. The van der Waals surface area contributed by atoms with Crippen LogP contribution in [0.1, 0.15) is 43.7 Å². The van der Waals surface area contributed by atoms with Gasteiger partial charge in [-0.15, -0.1) is 18.3 Å². The van der Waals surface area contributed by atoms with Crippen molar-refractivity contribution in [2.75, 3.05) is 17.2 Å². The highest BCUT2D eigenvalue weighted by atomic mass is 32.2. The summed E-state index contributed by atoms with van der Waals surface area (Å²) < 4.78 is 56.5.